The lowest BCUT2D eigenvalue weighted by Gasteiger charge is -2.39. The van der Waals surface area contributed by atoms with Gasteiger partial charge in [0.15, 0.2) is 17.2 Å². The van der Waals surface area contributed by atoms with Crippen molar-refractivity contribution in [1.82, 2.24) is 20.3 Å². The van der Waals surface area contributed by atoms with Gasteiger partial charge in [0.25, 0.3) is 0 Å². The number of halogens is 1. The van der Waals surface area contributed by atoms with Gasteiger partial charge in [-0.05, 0) is 30.5 Å². The van der Waals surface area contributed by atoms with Crippen molar-refractivity contribution in [3.05, 3.63) is 53.7 Å². The summed E-state index contributed by atoms with van der Waals surface area (Å²) in [6.45, 7) is 1.87. The first-order valence-electron chi connectivity index (χ1n) is 8.66. The van der Waals surface area contributed by atoms with Gasteiger partial charge in [0.05, 0.1) is 7.11 Å². The van der Waals surface area contributed by atoms with Crippen LogP contribution in [0.15, 0.2) is 36.8 Å². The monoisotopic (exact) mass is 356 g/mol. The average molecular weight is 356 g/mol. The number of H-pyrrole nitrogens is 1. The summed E-state index contributed by atoms with van der Waals surface area (Å²) in [6, 6.07) is 5.17. The summed E-state index contributed by atoms with van der Waals surface area (Å²) in [6.07, 6.45) is 6.80. The van der Waals surface area contributed by atoms with Gasteiger partial charge < -0.3 is 19.8 Å². The van der Waals surface area contributed by atoms with E-state index in [9.17, 15) is 4.39 Å². The van der Waals surface area contributed by atoms with Crippen LogP contribution in [0.5, 0.6) is 5.75 Å². The molecule has 1 aromatic carbocycles. The molecule has 2 N–H and O–H groups in total. The molecule has 6 nitrogen and oxygen atoms in total. The van der Waals surface area contributed by atoms with Crippen LogP contribution in [0.25, 0.3) is 11.2 Å². The van der Waals surface area contributed by atoms with Crippen molar-refractivity contribution in [3.63, 3.8) is 0 Å². The normalized spacial score (nSPS) is 16.7. The molecule has 0 saturated carbocycles. The van der Waals surface area contributed by atoms with Crippen LogP contribution in [-0.2, 0) is 16.8 Å². The van der Waals surface area contributed by atoms with Gasteiger partial charge in [-0.15, -0.1) is 0 Å². The fourth-order valence-corrected chi connectivity index (χ4v) is 3.55. The third-order valence-electron chi connectivity index (χ3n) is 5.05. The Labute approximate surface area is 150 Å². The summed E-state index contributed by atoms with van der Waals surface area (Å²) >= 11 is 0. The molecule has 0 atom stereocenters. The Kier molecular flexibility index (Phi) is 4.57. The molecule has 0 aliphatic carbocycles. The summed E-state index contributed by atoms with van der Waals surface area (Å²) in [5.41, 5.74) is 3.21. The van der Waals surface area contributed by atoms with Crippen LogP contribution in [0.3, 0.4) is 0 Å². The van der Waals surface area contributed by atoms with E-state index in [1.807, 2.05) is 12.3 Å². The maximum absolute atomic E-state index is 14.3. The van der Waals surface area contributed by atoms with E-state index in [1.165, 1.54) is 7.11 Å². The van der Waals surface area contributed by atoms with Crippen LogP contribution in [0.4, 0.5) is 4.39 Å². The van der Waals surface area contributed by atoms with Gasteiger partial charge in [0.2, 0.25) is 0 Å². The first kappa shape index (κ1) is 16.9. The quantitative estimate of drug-likeness (QED) is 0.735. The minimum absolute atomic E-state index is 0.253. The number of fused-ring (bicyclic) bond motifs is 1. The molecule has 0 bridgehead atoms. The predicted octanol–water partition coefficient (Wildman–Crippen LogP) is 2.90. The number of benzene rings is 1. The Balaban J connectivity index is 1.63. The minimum atomic E-state index is -0.351. The standard InChI is InChI=1S/C19H21FN4O2/c1-25-16-3-2-14(10-15(16)20)19(4-8-26-9-5-19)24-12-13-11-23-18-17(13)21-6-7-22-18/h2-3,6-7,10-11,24H,4-5,8-9,12H2,1H3,(H,22,23). The Hall–Kier alpha value is -2.51. The lowest BCUT2D eigenvalue weighted by atomic mass is 9.82. The SMILES string of the molecule is COc1ccc(C2(NCc3c[nH]c4nccnc34)CCOCC2)cc1F. The molecule has 0 amide bonds. The molecule has 26 heavy (non-hydrogen) atoms. The van der Waals surface area contributed by atoms with Crippen LogP contribution in [0.2, 0.25) is 0 Å². The van der Waals surface area contributed by atoms with Crippen molar-refractivity contribution in [2.75, 3.05) is 20.3 Å². The van der Waals surface area contributed by atoms with Gasteiger partial charge in [-0.25, -0.2) is 9.37 Å². The van der Waals surface area contributed by atoms with Crippen LogP contribution in [0.1, 0.15) is 24.0 Å². The highest BCUT2D eigenvalue weighted by atomic mass is 19.1. The van der Waals surface area contributed by atoms with E-state index in [0.29, 0.717) is 19.8 Å². The van der Waals surface area contributed by atoms with E-state index in [-0.39, 0.29) is 17.1 Å². The maximum atomic E-state index is 14.3. The van der Waals surface area contributed by atoms with Crippen molar-refractivity contribution in [3.8, 4) is 5.75 Å². The fourth-order valence-electron chi connectivity index (χ4n) is 3.55. The molecule has 1 aliphatic rings. The topological polar surface area (TPSA) is 72.1 Å². The zero-order valence-electron chi connectivity index (χ0n) is 14.6. The van der Waals surface area contributed by atoms with E-state index < -0.39 is 0 Å². The molecule has 4 rings (SSSR count). The van der Waals surface area contributed by atoms with E-state index >= 15 is 0 Å². The van der Waals surface area contributed by atoms with E-state index in [4.69, 9.17) is 9.47 Å². The van der Waals surface area contributed by atoms with Gasteiger partial charge in [-0.1, -0.05) is 6.07 Å². The molecule has 7 heteroatoms. The zero-order valence-corrected chi connectivity index (χ0v) is 14.6. The van der Waals surface area contributed by atoms with Gasteiger partial charge in [-0.3, -0.25) is 4.98 Å². The summed E-state index contributed by atoms with van der Waals surface area (Å²) in [5, 5.41) is 3.64. The molecule has 0 radical (unpaired) electrons. The Bertz CT molecular complexity index is 905. The number of aromatic amines is 1. The number of nitrogens with zero attached hydrogens (tertiary/aromatic N) is 2. The number of hydrogen-bond donors (Lipinski definition) is 2. The smallest absolute Gasteiger partial charge is 0.165 e. The maximum Gasteiger partial charge on any atom is 0.165 e. The number of hydrogen-bond acceptors (Lipinski definition) is 5. The molecule has 1 fully saturated rings. The first-order valence-corrected chi connectivity index (χ1v) is 8.66. The van der Waals surface area contributed by atoms with E-state index in [0.717, 1.165) is 35.1 Å². The molecular formula is C19H21FN4O2. The third kappa shape index (κ3) is 3.04. The van der Waals surface area contributed by atoms with Crippen molar-refractivity contribution in [1.29, 1.82) is 0 Å². The van der Waals surface area contributed by atoms with Crippen molar-refractivity contribution in [2.45, 2.75) is 24.9 Å². The Morgan fingerprint density at radius 3 is 2.85 bits per heavy atom. The summed E-state index contributed by atoms with van der Waals surface area (Å²) in [4.78, 5) is 11.8. The molecule has 1 aliphatic heterocycles. The number of methoxy groups -OCH3 is 1. The van der Waals surface area contributed by atoms with Crippen LogP contribution < -0.4 is 10.1 Å². The number of ether oxygens (including phenoxy) is 2. The summed E-state index contributed by atoms with van der Waals surface area (Å²) in [7, 11) is 1.47. The van der Waals surface area contributed by atoms with Gasteiger partial charge in [0.1, 0.15) is 5.52 Å². The summed E-state index contributed by atoms with van der Waals surface area (Å²) < 4.78 is 24.9. The van der Waals surface area contributed by atoms with Crippen LogP contribution in [0, 0.1) is 5.82 Å². The Morgan fingerprint density at radius 2 is 2.08 bits per heavy atom. The van der Waals surface area contributed by atoms with Gasteiger partial charge >= 0.3 is 0 Å². The predicted molar refractivity (Wildman–Crippen MR) is 95.4 cm³/mol. The van der Waals surface area contributed by atoms with Crippen molar-refractivity contribution in [2.24, 2.45) is 0 Å². The molecule has 0 spiro atoms. The van der Waals surface area contributed by atoms with Crippen molar-refractivity contribution < 1.29 is 13.9 Å². The van der Waals surface area contributed by atoms with Gasteiger partial charge in [-0.2, -0.15) is 0 Å². The molecule has 3 aromatic rings. The van der Waals surface area contributed by atoms with Gasteiger partial charge in [0, 0.05) is 49.5 Å². The molecule has 3 heterocycles. The first-order chi connectivity index (χ1) is 12.7. The number of rotatable bonds is 5. The second-order valence-corrected chi connectivity index (χ2v) is 6.46. The van der Waals surface area contributed by atoms with Crippen molar-refractivity contribution >= 4 is 11.2 Å². The molecular weight excluding hydrogens is 335 g/mol. The average Bonchev–Trinajstić information content (AvgIpc) is 3.10. The Morgan fingerprint density at radius 1 is 1.27 bits per heavy atom. The largest absolute Gasteiger partial charge is 0.494 e. The second kappa shape index (κ2) is 7.01. The minimum Gasteiger partial charge on any atom is -0.494 e. The third-order valence-corrected chi connectivity index (χ3v) is 5.05. The lowest BCUT2D eigenvalue weighted by Crippen LogP contribution is -2.46. The highest BCUT2D eigenvalue weighted by molar-refractivity contribution is 5.74. The summed E-state index contributed by atoms with van der Waals surface area (Å²) in [5.74, 6) is -0.0986. The lowest BCUT2D eigenvalue weighted by molar-refractivity contribution is 0.0357. The zero-order chi connectivity index (χ0) is 18.0. The molecule has 1 saturated heterocycles. The molecule has 2 aromatic heterocycles. The van der Waals surface area contributed by atoms with E-state index in [1.54, 1.807) is 24.5 Å². The fraction of sp³-hybridized carbons (Fsp3) is 0.368. The second-order valence-electron chi connectivity index (χ2n) is 6.46. The highest BCUT2D eigenvalue weighted by Crippen LogP contribution is 2.34. The number of nitrogens with one attached hydrogen (secondary N) is 2. The number of aromatic nitrogens is 3. The van der Waals surface area contributed by atoms with Crippen LogP contribution >= 0.6 is 0 Å². The highest BCUT2D eigenvalue weighted by Gasteiger charge is 2.34. The molecule has 0 unspecified atom stereocenters. The van der Waals surface area contributed by atoms with Crippen LogP contribution in [-0.4, -0.2) is 35.3 Å². The van der Waals surface area contributed by atoms with E-state index in [2.05, 4.69) is 20.3 Å². The molecule has 136 valence electrons.